The quantitative estimate of drug-likeness (QED) is 0.599. The molecule has 2 atom stereocenters. The predicted molar refractivity (Wildman–Crippen MR) is 77.0 cm³/mol. The van der Waals surface area contributed by atoms with Gasteiger partial charge >= 0.3 is 0 Å². The van der Waals surface area contributed by atoms with E-state index in [2.05, 4.69) is 66.7 Å². The summed E-state index contributed by atoms with van der Waals surface area (Å²) in [4.78, 5) is 0. The molecule has 1 saturated heterocycles. The van der Waals surface area contributed by atoms with Crippen LogP contribution in [0, 0.1) is 0 Å². The van der Waals surface area contributed by atoms with Gasteiger partial charge in [0.15, 0.2) is 0 Å². The van der Waals surface area contributed by atoms with Gasteiger partial charge in [0.2, 0.25) is 0 Å². The van der Waals surface area contributed by atoms with E-state index in [0.29, 0.717) is 0 Å². The van der Waals surface area contributed by atoms with E-state index < -0.39 is 0 Å². The normalized spacial score (nSPS) is 21.5. The first-order valence-electron chi connectivity index (χ1n) is 6.61. The van der Waals surface area contributed by atoms with Crippen LogP contribution >= 0.6 is 0 Å². The largest absolute Gasteiger partial charge is 0.359 e. The summed E-state index contributed by atoms with van der Waals surface area (Å²) in [5, 5.41) is 2.58. The van der Waals surface area contributed by atoms with Crippen LogP contribution in [0.15, 0.2) is 72.8 Å². The number of rotatable bonds is 2. The second kappa shape index (κ2) is 4.22. The molecule has 3 aromatic carbocycles. The Morgan fingerprint density at radius 1 is 0.632 bits per heavy atom. The molecule has 0 N–H and O–H groups in total. The van der Waals surface area contributed by atoms with Gasteiger partial charge in [-0.15, -0.1) is 0 Å². The van der Waals surface area contributed by atoms with Crippen LogP contribution < -0.4 is 0 Å². The van der Waals surface area contributed by atoms with Crippen LogP contribution in [-0.4, -0.2) is 0 Å². The monoisotopic (exact) mass is 246 g/mol. The number of fused-ring (bicyclic) bond motifs is 1. The van der Waals surface area contributed by atoms with Crippen LogP contribution in [-0.2, 0) is 4.74 Å². The number of ether oxygens (including phenoxy) is 1. The molecule has 0 aromatic heterocycles. The molecule has 0 spiro atoms. The highest BCUT2D eigenvalue weighted by Crippen LogP contribution is 2.52. The Kier molecular flexibility index (Phi) is 2.39. The topological polar surface area (TPSA) is 12.5 Å². The molecule has 0 amide bonds. The molecule has 1 heterocycles. The maximum absolute atomic E-state index is 5.90. The molecular formula is C18H14O. The summed E-state index contributed by atoms with van der Waals surface area (Å²) in [7, 11) is 0. The highest BCUT2D eigenvalue weighted by molar-refractivity contribution is 5.86. The maximum atomic E-state index is 5.90. The molecule has 0 radical (unpaired) electrons. The summed E-state index contributed by atoms with van der Waals surface area (Å²) in [6, 6.07) is 25.4. The van der Waals surface area contributed by atoms with Crippen molar-refractivity contribution in [3.63, 3.8) is 0 Å². The van der Waals surface area contributed by atoms with Crippen molar-refractivity contribution in [1.82, 2.24) is 0 Å². The van der Waals surface area contributed by atoms with Gasteiger partial charge in [-0.05, 0) is 21.9 Å². The fourth-order valence-electron chi connectivity index (χ4n) is 2.74. The van der Waals surface area contributed by atoms with Gasteiger partial charge in [0, 0.05) is 0 Å². The minimum atomic E-state index is 0.202. The number of hydrogen-bond donors (Lipinski definition) is 0. The van der Waals surface area contributed by atoms with Crippen LogP contribution in [0.5, 0.6) is 0 Å². The molecule has 0 saturated carbocycles. The van der Waals surface area contributed by atoms with E-state index in [1.165, 1.54) is 21.9 Å². The Labute approximate surface area is 112 Å². The molecule has 4 rings (SSSR count). The molecule has 1 fully saturated rings. The molecule has 1 heteroatoms. The van der Waals surface area contributed by atoms with Crippen molar-refractivity contribution in [3.05, 3.63) is 83.9 Å². The van der Waals surface area contributed by atoms with Gasteiger partial charge in [0.1, 0.15) is 12.2 Å². The summed E-state index contributed by atoms with van der Waals surface area (Å²) in [5.41, 5.74) is 2.56. The van der Waals surface area contributed by atoms with Crippen LogP contribution in [0.4, 0.5) is 0 Å². The third kappa shape index (κ3) is 1.83. The Morgan fingerprint density at radius 3 is 2.26 bits per heavy atom. The molecule has 0 unspecified atom stereocenters. The van der Waals surface area contributed by atoms with E-state index >= 15 is 0 Å². The lowest BCUT2D eigenvalue weighted by Gasteiger charge is -2.03. The van der Waals surface area contributed by atoms with Gasteiger partial charge in [-0.3, -0.25) is 0 Å². The lowest BCUT2D eigenvalue weighted by Crippen LogP contribution is -1.86. The summed E-state index contributed by atoms with van der Waals surface area (Å²) >= 11 is 0. The summed E-state index contributed by atoms with van der Waals surface area (Å²) in [6.45, 7) is 0. The Hall–Kier alpha value is -2.12. The summed E-state index contributed by atoms with van der Waals surface area (Å²) < 4.78 is 5.90. The highest BCUT2D eigenvalue weighted by Gasteiger charge is 2.41. The van der Waals surface area contributed by atoms with Crippen LogP contribution in [0.1, 0.15) is 23.3 Å². The molecule has 0 aliphatic carbocycles. The first kappa shape index (κ1) is 10.8. The Bertz CT molecular complexity index is 713. The van der Waals surface area contributed by atoms with Gasteiger partial charge in [-0.2, -0.15) is 0 Å². The smallest absolute Gasteiger partial charge is 0.114 e. The van der Waals surface area contributed by atoms with Crippen molar-refractivity contribution in [2.45, 2.75) is 12.2 Å². The Morgan fingerprint density at radius 2 is 1.37 bits per heavy atom. The van der Waals surface area contributed by atoms with Crippen molar-refractivity contribution in [3.8, 4) is 0 Å². The van der Waals surface area contributed by atoms with E-state index in [4.69, 9.17) is 4.74 Å². The van der Waals surface area contributed by atoms with Gasteiger partial charge in [0.25, 0.3) is 0 Å². The highest BCUT2D eigenvalue weighted by atomic mass is 16.6. The van der Waals surface area contributed by atoms with E-state index in [1.54, 1.807) is 0 Å². The first-order chi connectivity index (χ1) is 9.43. The maximum Gasteiger partial charge on any atom is 0.114 e. The van der Waals surface area contributed by atoms with E-state index in [0.717, 1.165) is 0 Å². The number of epoxide rings is 1. The van der Waals surface area contributed by atoms with E-state index in [-0.39, 0.29) is 12.2 Å². The fourth-order valence-corrected chi connectivity index (χ4v) is 2.74. The lowest BCUT2D eigenvalue weighted by molar-refractivity contribution is 0.378. The molecule has 1 nitrogen and oxygen atoms in total. The van der Waals surface area contributed by atoms with Gasteiger partial charge in [0.05, 0.1) is 0 Å². The molecule has 92 valence electrons. The average Bonchev–Trinajstić information content (AvgIpc) is 3.28. The number of benzene rings is 3. The minimum absolute atomic E-state index is 0.202. The summed E-state index contributed by atoms with van der Waals surface area (Å²) in [6.07, 6.45) is 0.417. The van der Waals surface area contributed by atoms with Crippen LogP contribution in [0.3, 0.4) is 0 Å². The SMILES string of the molecule is c1ccc([C@H]2O[C@@H]2c2cccc3ccccc23)cc1. The minimum Gasteiger partial charge on any atom is -0.359 e. The zero-order chi connectivity index (χ0) is 12.7. The van der Waals surface area contributed by atoms with Crippen molar-refractivity contribution < 1.29 is 4.74 Å². The van der Waals surface area contributed by atoms with E-state index in [9.17, 15) is 0 Å². The first-order valence-corrected chi connectivity index (χ1v) is 6.61. The standard InChI is InChI=1S/C18H14O/c1-2-8-14(9-3-1)17-18(19-17)16-12-6-10-13-7-4-5-11-15(13)16/h1-12,17-18H/t17-,18-/m1/s1. The molecule has 0 bridgehead atoms. The third-order valence-corrected chi connectivity index (χ3v) is 3.75. The van der Waals surface area contributed by atoms with Crippen molar-refractivity contribution in [2.75, 3.05) is 0 Å². The predicted octanol–water partition coefficient (Wildman–Crippen LogP) is 4.65. The zero-order valence-electron chi connectivity index (χ0n) is 10.5. The summed E-state index contributed by atoms with van der Waals surface area (Å²) in [5.74, 6) is 0. The van der Waals surface area contributed by atoms with Gasteiger partial charge in [-0.25, -0.2) is 0 Å². The second-order valence-electron chi connectivity index (χ2n) is 4.96. The van der Waals surface area contributed by atoms with Crippen molar-refractivity contribution in [1.29, 1.82) is 0 Å². The average molecular weight is 246 g/mol. The lowest BCUT2D eigenvalue weighted by atomic mass is 9.99. The fraction of sp³-hybridized carbons (Fsp3) is 0.111. The molecular weight excluding hydrogens is 232 g/mol. The molecule has 19 heavy (non-hydrogen) atoms. The number of hydrogen-bond acceptors (Lipinski definition) is 1. The van der Waals surface area contributed by atoms with Gasteiger partial charge < -0.3 is 4.74 Å². The molecule has 1 aliphatic rings. The van der Waals surface area contributed by atoms with Crippen molar-refractivity contribution in [2.24, 2.45) is 0 Å². The van der Waals surface area contributed by atoms with Crippen molar-refractivity contribution >= 4 is 10.8 Å². The molecule has 3 aromatic rings. The second-order valence-corrected chi connectivity index (χ2v) is 4.96. The van der Waals surface area contributed by atoms with Gasteiger partial charge in [-0.1, -0.05) is 72.8 Å². The van der Waals surface area contributed by atoms with Crippen LogP contribution in [0.25, 0.3) is 10.8 Å². The third-order valence-electron chi connectivity index (χ3n) is 3.75. The van der Waals surface area contributed by atoms with Crippen LogP contribution in [0.2, 0.25) is 0 Å². The Balaban J connectivity index is 1.74. The zero-order valence-corrected chi connectivity index (χ0v) is 10.5. The molecule has 1 aliphatic heterocycles. The van der Waals surface area contributed by atoms with E-state index in [1.807, 2.05) is 6.07 Å².